The Morgan fingerprint density at radius 3 is 2.51 bits per heavy atom. The lowest BCUT2D eigenvalue weighted by Gasteiger charge is -2.32. The van der Waals surface area contributed by atoms with Crippen LogP contribution in [0, 0.1) is 11.7 Å². The second kappa shape index (κ2) is 13.2. The number of anilines is 1. The van der Waals surface area contributed by atoms with Crippen molar-refractivity contribution in [2.45, 2.75) is 25.8 Å². The lowest BCUT2D eigenvalue weighted by molar-refractivity contribution is -0.127. The quantitative estimate of drug-likeness (QED) is 0.236. The minimum Gasteiger partial charge on any atom is -0.494 e. The minimum atomic E-state index is -0.417. The first kappa shape index (κ1) is 30.5. The number of aromatic hydroxyl groups is 1. The molecular weight excluding hydrogens is 571 g/mol. The van der Waals surface area contributed by atoms with E-state index < -0.39 is 5.82 Å². The van der Waals surface area contributed by atoms with E-state index in [4.69, 9.17) is 4.99 Å². The standard InChI is InChI=1S/C35H39FN6O3/c1-40-15-17-42(18-16-40)22-31(43)41(2)28-12-10-27(11-13-28)38-33(32-29-14-9-26(36)20-30(29)39-35(32)45)25-8-3-5-23(19-25)21-37-34(44)24-6-4-7-24/h3,5,8-14,19-20,24,39,45H,4,6-7,15-18,21-22H2,1-2H3,(H,37,44). The average molecular weight is 611 g/mol. The van der Waals surface area contributed by atoms with Crippen molar-refractivity contribution in [1.29, 1.82) is 0 Å². The third-order valence-electron chi connectivity index (χ3n) is 8.93. The highest BCUT2D eigenvalue weighted by Crippen LogP contribution is 2.33. The molecule has 1 saturated heterocycles. The normalized spacial score (nSPS) is 16.5. The van der Waals surface area contributed by atoms with Crippen molar-refractivity contribution < 1.29 is 19.1 Å². The van der Waals surface area contributed by atoms with E-state index in [1.165, 1.54) is 12.1 Å². The van der Waals surface area contributed by atoms with Gasteiger partial charge in [0.15, 0.2) is 5.88 Å². The molecule has 1 aliphatic heterocycles. The molecule has 0 unspecified atom stereocenters. The SMILES string of the molecule is CN1CCN(CC(=O)N(C)c2ccc(N=C(c3cccc(CNC(=O)C4CCC4)c3)c3c(O)[nH]c4cc(F)ccc34)cc2)CC1. The zero-order valence-corrected chi connectivity index (χ0v) is 25.7. The Morgan fingerprint density at radius 1 is 1.04 bits per heavy atom. The van der Waals surface area contributed by atoms with Gasteiger partial charge in [-0.15, -0.1) is 0 Å². The number of benzene rings is 3. The second-order valence-electron chi connectivity index (χ2n) is 12.1. The van der Waals surface area contributed by atoms with Crippen molar-refractivity contribution in [3.05, 3.63) is 89.2 Å². The van der Waals surface area contributed by atoms with E-state index in [0.717, 1.165) is 62.3 Å². The fourth-order valence-electron chi connectivity index (χ4n) is 5.82. The largest absolute Gasteiger partial charge is 0.494 e. The van der Waals surface area contributed by atoms with E-state index in [1.54, 1.807) is 18.0 Å². The van der Waals surface area contributed by atoms with Gasteiger partial charge in [0, 0.05) is 62.3 Å². The van der Waals surface area contributed by atoms with Gasteiger partial charge in [0.25, 0.3) is 0 Å². The molecule has 2 heterocycles. The molecule has 3 aromatic carbocycles. The van der Waals surface area contributed by atoms with Crippen LogP contribution in [-0.2, 0) is 16.1 Å². The van der Waals surface area contributed by atoms with Gasteiger partial charge in [-0.3, -0.25) is 14.5 Å². The number of piperazine rings is 1. The van der Waals surface area contributed by atoms with E-state index in [1.807, 2.05) is 48.5 Å². The monoisotopic (exact) mass is 610 g/mol. The molecular formula is C35H39FN6O3. The van der Waals surface area contributed by atoms with Crippen LogP contribution in [0.5, 0.6) is 5.88 Å². The molecule has 0 radical (unpaired) electrons. The van der Waals surface area contributed by atoms with Crippen molar-refractivity contribution in [2.75, 3.05) is 51.7 Å². The van der Waals surface area contributed by atoms with Crippen LogP contribution in [0.3, 0.4) is 0 Å². The summed E-state index contributed by atoms with van der Waals surface area (Å²) in [5, 5.41) is 14.7. The first-order valence-electron chi connectivity index (χ1n) is 15.5. The number of rotatable bonds is 9. The molecule has 0 atom stereocenters. The lowest BCUT2D eigenvalue weighted by Crippen LogP contribution is -2.48. The smallest absolute Gasteiger partial charge is 0.240 e. The molecule has 0 bridgehead atoms. The van der Waals surface area contributed by atoms with E-state index >= 15 is 0 Å². The van der Waals surface area contributed by atoms with Crippen LogP contribution in [0.4, 0.5) is 15.8 Å². The molecule has 9 nitrogen and oxygen atoms in total. The Balaban J connectivity index is 1.29. The molecule has 45 heavy (non-hydrogen) atoms. The topological polar surface area (TPSA) is 104 Å². The van der Waals surface area contributed by atoms with Crippen molar-refractivity contribution >= 4 is 39.8 Å². The Labute approximate surface area is 262 Å². The van der Waals surface area contributed by atoms with Gasteiger partial charge in [-0.2, -0.15) is 0 Å². The van der Waals surface area contributed by atoms with E-state index in [-0.39, 0.29) is 23.6 Å². The first-order valence-corrected chi connectivity index (χ1v) is 15.5. The molecule has 0 spiro atoms. The number of carbonyl (C=O) groups excluding carboxylic acids is 2. The van der Waals surface area contributed by atoms with E-state index in [0.29, 0.717) is 41.0 Å². The predicted octanol–water partition coefficient (Wildman–Crippen LogP) is 4.81. The van der Waals surface area contributed by atoms with Crippen molar-refractivity contribution in [1.82, 2.24) is 20.1 Å². The number of nitrogens with one attached hydrogen (secondary N) is 2. The highest BCUT2D eigenvalue weighted by atomic mass is 19.1. The maximum Gasteiger partial charge on any atom is 0.240 e. The van der Waals surface area contributed by atoms with Crippen molar-refractivity contribution in [3.8, 4) is 5.88 Å². The Kier molecular flexibility index (Phi) is 8.95. The van der Waals surface area contributed by atoms with Crippen molar-refractivity contribution in [2.24, 2.45) is 10.9 Å². The molecule has 2 aliphatic rings. The predicted molar refractivity (Wildman–Crippen MR) is 175 cm³/mol. The second-order valence-corrected chi connectivity index (χ2v) is 12.1. The lowest BCUT2D eigenvalue weighted by atomic mass is 9.85. The van der Waals surface area contributed by atoms with Crippen LogP contribution in [0.25, 0.3) is 10.9 Å². The fraction of sp³-hybridized carbons (Fsp3) is 0.343. The Bertz CT molecular complexity index is 1720. The summed E-state index contributed by atoms with van der Waals surface area (Å²) in [6.07, 6.45) is 2.96. The van der Waals surface area contributed by atoms with E-state index in [9.17, 15) is 19.1 Å². The van der Waals surface area contributed by atoms with Gasteiger partial charge < -0.3 is 25.2 Å². The van der Waals surface area contributed by atoms with Gasteiger partial charge in [-0.25, -0.2) is 9.38 Å². The number of fused-ring (bicyclic) bond motifs is 1. The third-order valence-corrected chi connectivity index (χ3v) is 8.93. The summed E-state index contributed by atoms with van der Waals surface area (Å²) in [7, 11) is 3.87. The summed E-state index contributed by atoms with van der Waals surface area (Å²) >= 11 is 0. The van der Waals surface area contributed by atoms with E-state index in [2.05, 4.69) is 27.1 Å². The highest BCUT2D eigenvalue weighted by molar-refractivity contribution is 6.22. The highest BCUT2D eigenvalue weighted by Gasteiger charge is 2.25. The molecule has 3 N–H and O–H groups in total. The number of halogens is 1. The molecule has 2 fully saturated rings. The maximum atomic E-state index is 14.0. The number of carbonyl (C=O) groups is 2. The molecule has 1 saturated carbocycles. The molecule has 1 aromatic heterocycles. The Hall–Kier alpha value is -4.54. The minimum absolute atomic E-state index is 0.0219. The number of nitrogens with zero attached hydrogens (tertiary/aromatic N) is 4. The number of aromatic amines is 1. The number of H-pyrrole nitrogens is 1. The first-order chi connectivity index (χ1) is 21.7. The number of hydrogen-bond acceptors (Lipinski definition) is 6. The molecule has 10 heteroatoms. The number of likely N-dealkylation sites (N-methyl/N-ethyl adjacent to an activating group) is 2. The van der Waals surface area contributed by atoms with Crippen LogP contribution >= 0.6 is 0 Å². The molecule has 4 aromatic rings. The van der Waals surface area contributed by atoms with Gasteiger partial charge in [0.05, 0.1) is 29.0 Å². The van der Waals surface area contributed by atoms with Crippen LogP contribution in [0.1, 0.15) is 36.0 Å². The summed E-state index contributed by atoms with van der Waals surface area (Å²) in [4.78, 5) is 39.4. The summed E-state index contributed by atoms with van der Waals surface area (Å²) in [6, 6.07) is 19.4. The van der Waals surface area contributed by atoms with Crippen LogP contribution < -0.4 is 10.2 Å². The van der Waals surface area contributed by atoms with Gasteiger partial charge >= 0.3 is 0 Å². The molecule has 1 aliphatic carbocycles. The molecule has 2 amide bonds. The molecule has 6 rings (SSSR count). The summed E-state index contributed by atoms with van der Waals surface area (Å²) in [6.45, 7) is 4.38. The summed E-state index contributed by atoms with van der Waals surface area (Å²) in [5.74, 6) is -0.348. The van der Waals surface area contributed by atoms with Crippen LogP contribution in [-0.4, -0.2) is 84.2 Å². The van der Waals surface area contributed by atoms with Gasteiger partial charge in [0.2, 0.25) is 11.8 Å². The van der Waals surface area contributed by atoms with Gasteiger partial charge in [0.1, 0.15) is 5.82 Å². The number of aliphatic imine (C=N–C) groups is 1. The number of hydrogen-bond donors (Lipinski definition) is 3. The maximum absolute atomic E-state index is 14.0. The van der Waals surface area contributed by atoms with Crippen LogP contribution in [0.15, 0.2) is 71.7 Å². The number of amides is 2. The van der Waals surface area contributed by atoms with Gasteiger partial charge in [-0.05, 0) is 74.0 Å². The fourth-order valence-corrected chi connectivity index (χ4v) is 5.82. The van der Waals surface area contributed by atoms with Gasteiger partial charge in [-0.1, -0.05) is 24.6 Å². The van der Waals surface area contributed by atoms with Crippen LogP contribution in [0.2, 0.25) is 0 Å². The third kappa shape index (κ3) is 6.92. The molecule has 234 valence electrons. The zero-order chi connectivity index (χ0) is 31.5. The zero-order valence-electron chi connectivity index (χ0n) is 25.7. The van der Waals surface area contributed by atoms with Crippen molar-refractivity contribution in [3.63, 3.8) is 0 Å². The number of aromatic nitrogens is 1. The Morgan fingerprint density at radius 2 is 1.80 bits per heavy atom. The summed E-state index contributed by atoms with van der Waals surface area (Å²) < 4.78 is 14.0. The summed E-state index contributed by atoms with van der Waals surface area (Å²) in [5.41, 5.74) is 4.39. The average Bonchev–Trinajstić information content (AvgIpc) is 3.33.